The van der Waals surface area contributed by atoms with Crippen LogP contribution in [0.1, 0.15) is 23.1 Å². The maximum Gasteiger partial charge on any atom is 0.229 e. The van der Waals surface area contributed by atoms with Crippen molar-refractivity contribution in [3.05, 3.63) is 59.3 Å². The zero-order valence-electron chi connectivity index (χ0n) is 17.6. The van der Waals surface area contributed by atoms with Gasteiger partial charge < -0.3 is 19.9 Å². The van der Waals surface area contributed by atoms with Crippen LogP contribution in [0.5, 0.6) is 5.75 Å². The Balaban J connectivity index is 1.38. The number of hydrogen-bond acceptors (Lipinski definition) is 3. The number of nitrogens with one attached hydrogen (secondary N) is 2. The van der Waals surface area contributed by atoms with Gasteiger partial charge in [-0.1, -0.05) is 6.07 Å². The molecule has 30 heavy (non-hydrogen) atoms. The third-order valence-corrected chi connectivity index (χ3v) is 5.70. The fraction of sp³-hybridized carbons (Fsp3) is 0.333. The fourth-order valence-corrected chi connectivity index (χ4v) is 4.20. The van der Waals surface area contributed by atoms with Gasteiger partial charge in [-0.2, -0.15) is 0 Å². The smallest absolute Gasteiger partial charge is 0.229 e. The quantitative estimate of drug-likeness (QED) is 0.655. The normalized spacial score (nSPS) is 16.3. The molecular weight excluding hydrogens is 378 g/mol. The maximum atomic E-state index is 12.7. The molecule has 1 fully saturated rings. The van der Waals surface area contributed by atoms with Gasteiger partial charge in [0, 0.05) is 42.3 Å². The molecule has 3 aromatic rings. The minimum absolute atomic E-state index is 0.0352. The third-order valence-electron chi connectivity index (χ3n) is 5.70. The number of amides is 2. The molecule has 1 aromatic heterocycles. The number of carbonyl (C=O) groups is 2. The van der Waals surface area contributed by atoms with Crippen molar-refractivity contribution in [3.63, 3.8) is 0 Å². The standard InChI is InChI=1S/C24H27N3O3/c1-15-8-16(2)10-19(9-15)26-24(29)18-11-23(28)27(14-18)7-6-17-13-25-22-5-4-20(30-3)12-21(17)22/h4-5,8-10,12-13,18,25H,6-7,11,14H2,1-3H3,(H,26,29)/t18-/m1/s1. The molecule has 1 saturated heterocycles. The van der Waals surface area contributed by atoms with Crippen LogP contribution in [0.3, 0.4) is 0 Å². The number of aryl methyl sites for hydroxylation is 2. The van der Waals surface area contributed by atoms with Crippen molar-refractivity contribution in [1.82, 2.24) is 9.88 Å². The van der Waals surface area contributed by atoms with Gasteiger partial charge in [0.15, 0.2) is 0 Å². The lowest BCUT2D eigenvalue weighted by Crippen LogP contribution is -2.30. The van der Waals surface area contributed by atoms with E-state index in [1.807, 2.05) is 50.4 Å². The zero-order chi connectivity index (χ0) is 21.3. The van der Waals surface area contributed by atoms with E-state index in [0.717, 1.165) is 45.5 Å². The molecule has 0 spiro atoms. The Hall–Kier alpha value is -3.28. The van der Waals surface area contributed by atoms with E-state index in [9.17, 15) is 9.59 Å². The number of aromatic nitrogens is 1. The highest BCUT2D eigenvalue weighted by Crippen LogP contribution is 2.26. The summed E-state index contributed by atoms with van der Waals surface area (Å²) in [5, 5.41) is 4.08. The number of likely N-dealkylation sites (tertiary alicyclic amines) is 1. The summed E-state index contributed by atoms with van der Waals surface area (Å²) >= 11 is 0. The van der Waals surface area contributed by atoms with Crippen molar-refractivity contribution in [2.45, 2.75) is 26.7 Å². The molecule has 4 rings (SSSR count). The number of methoxy groups -OCH3 is 1. The molecule has 2 aromatic carbocycles. The Kier molecular flexibility index (Phi) is 5.48. The van der Waals surface area contributed by atoms with Crippen LogP contribution in [0.4, 0.5) is 5.69 Å². The second-order valence-corrected chi connectivity index (χ2v) is 8.08. The summed E-state index contributed by atoms with van der Waals surface area (Å²) < 4.78 is 5.32. The van der Waals surface area contributed by atoms with Gasteiger partial charge >= 0.3 is 0 Å². The minimum Gasteiger partial charge on any atom is -0.497 e. The van der Waals surface area contributed by atoms with Crippen LogP contribution >= 0.6 is 0 Å². The summed E-state index contributed by atoms with van der Waals surface area (Å²) in [5.74, 6) is 0.436. The Morgan fingerprint density at radius 2 is 1.97 bits per heavy atom. The van der Waals surface area contributed by atoms with E-state index in [4.69, 9.17) is 4.74 Å². The van der Waals surface area contributed by atoms with Crippen LogP contribution in [0, 0.1) is 19.8 Å². The van der Waals surface area contributed by atoms with E-state index in [2.05, 4.69) is 16.4 Å². The Bertz CT molecular complexity index is 1080. The first-order valence-corrected chi connectivity index (χ1v) is 10.2. The van der Waals surface area contributed by atoms with Crippen LogP contribution in [0.2, 0.25) is 0 Å². The lowest BCUT2D eigenvalue weighted by Gasteiger charge is -2.16. The van der Waals surface area contributed by atoms with Gasteiger partial charge in [-0.3, -0.25) is 9.59 Å². The predicted octanol–water partition coefficient (Wildman–Crippen LogP) is 3.82. The number of hydrogen-bond donors (Lipinski definition) is 2. The molecule has 0 bridgehead atoms. The molecule has 2 amide bonds. The summed E-state index contributed by atoms with van der Waals surface area (Å²) in [4.78, 5) is 30.3. The van der Waals surface area contributed by atoms with E-state index >= 15 is 0 Å². The van der Waals surface area contributed by atoms with Crippen molar-refractivity contribution in [3.8, 4) is 5.75 Å². The minimum atomic E-state index is -0.318. The van der Waals surface area contributed by atoms with Crippen LogP contribution < -0.4 is 10.1 Å². The molecule has 1 atom stereocenters. The highest BCUT2D eigenvalue weighted by molar-refractivity contribution is 5.97. The number of H-pyrrole nitrogens is 1. The van der Waals surface area contributed by atoms with Crippen molar-refractivity contribution < 1.29 is 14.3 Å². The van der Waals surface area contributed by atoms with E-state index in [-0.39, 0.29) is 24.2 Å². The van der Waals surface area contributed by atoms with E-state index < -0.39 is 0 Å². The number of anilines is 1. The average molecular weight is 405 g/mol. The fourth-order valence-electron chi connectivity index (χ4n) is 4.20. The molecule has 6 nitrogen and oxygen atoms in total. The van der Waals surface area contributed by atoms with Crippen molar-refractivity contribution in [2.24, 2.45) is 5.92 Å². The van der Waals surface area contributed by atoms with Crippen LogP contribution in [0.25, 0.3) is 10.9 Å². The van der Waals surface area contributed by atoms with Gasteiger partial charge in [0.25, 0.3) is 0 Å². The van der Waals surface area contributed by atoms with Crippen molar-refractivity contribution in [1.29, 1.82) is 0 Å². The summed E-state index contributed by atoms with van der Waals surface area (Å²) in [6, 6.07) is 11.9. The summed E-state index contributed by atoms with van der Waals surface area (Å²) in [6.07, 6.45) is 2.97. The number of fused-ring (bicyclic) bond motifs is 1. The molecular formula is C24H27N3O3. The van der Waals surface area contributed by atoms with E-state index in [1.54, 1.807) is 12.0 Å². The molecule has 156 valence electrons. The van der Waals surface area contributed by atoms with Crippen molar-refractivity contribution >= 4 is 28.4 Å². The Morgan fingerprint density at radius 1 is 1.20 bits per heavy atom. The molecule has 0 aliphatic carbocycles. The molecule has 6 heteroatoms. The maximum absolute atomic E-state index is 12.7. The first-order chi connectivity index (χ1) is 14.4. The van der Waals surface area contributed by atoms with Gasteiger partial charge in [0.2, 0.25) is 11.8 Å². The lowest BCUT2D eigenvalue weighted by atomic mass is 10.1. The van der Waals surface area contributed by atoms with Gasteiger partial charge in [-0.05, 0) is 67.3 Å². The molecule has 1 aliphatic rings. The number of benzene rings is 2. The largest absolute Gasteiger partial charge is 0.497 e. The van der Waals surface area contributed by atoms with Crippen LogP contribution in [-0.2, 0) is 16.0 Å². The first kappa shape index (κ1) is 20.0. The molecule has 2 heterocycles. The lowest BCUT2D eigenvalue weighted by molar-refractivity contribution is -0.128. The van der Waals surface area contributed by atoms with E-state index in [0.29, 0.717) is 13.1 Å². The Morgan fingerprint density at radius 3 is 2.70 bits per heavy atom. The summed E-state index contributed by atoms with van der Waals surface area (Å²) in [7, 11) is 1.65. The number of aromatic amines is 1. The highest BCUT2D eigenvalue weighted by Gasteiger charge is 2.34. The summed E-state index contributed by atoms with van der Waals surface area (Å²) in [5.41, 5.74) is 5.18. The molecule has 0 radical (unpaired) electrons. The average Bonchev–Trinajstić information content (AvgIpc) is 3.28. The zero-order valence-corrected chi connectivity index (χ0v) is 17.6. The predicted molar refractivity (Wildman–Crippen MR) is 118 cm³/mol. The number of ether oxygens (including phenoxy) is 1. The number of rotatable bonds is 6. The highest BCUT2D eigenvalue weighted by atomic mass is 16.5. The topological polar surface area (TPSA) is 74.4 Å². The number of carbonyl (C=O) groups excluding carboxylic acids is 2. The second kappa shape index (κ2) is 8.22. The summed E-state index contributed by atoms with van der Waals surface area (Å²) in [6.45, 7) is 5.06. The Labute approximate surface area is 176 Å². The molecule has 1 aliphatic heterocycles. The molecule has 2 N–H and O–H groups in total. The SMILES string of the molecule is COc1ccc2[nH]cc(CCN3C[C@H](C(=O)Nc4cc(C)cc(C)c4)CC3=O)c2c1. The second-order valence-electron chi connectivity index (χ2n) is 8.08. The van der Waals surface area contributed by atoms with Gasteiger partial charge in [-0.25, -0.2) is 0 Å². The van der Waals surface area contributed by atoms with Gasteiger partial charge in [0.05, 0.1) is 13.0 Å². The van der Waals surface area contributed by atoms with E-state index in [1.165, 1.54) is 0 Å². The number of nitrogens with zero attached hydrogens (tertiary/aromatic N) is 1. The first-order valence-electron chi connectivity index (χ1n) is 10.2. The molecule has 0 unspecified atom stereocenters. The monoisotopic (exact) mass is 405 g/mol. The van der Waals surface area contributed by atoms with Crippen molar-refractivity contribution in [2.75, 3.05) is 25.5 Å². The molecule has 0 saturated carbocycles. The third kappa shape index (κ3) is 4.17. The van der Waals surface area contributed by atoms with Crippen LogP contribution in [-0.4, -0.2) is 41.9 Å². The van der Waals surface area contributed by atoms with Crippen LogP contribution in [0.15, 0.2) is 42.6 Å². The van der Waals surface area contributed by atoms with Gasteiger partial charge in [-0.15, -0.1) is 0 Å². The van der Waals surface area contributed by atoms with Gasteiger partial charge in [0.1, 0.15) is 5.75 Å².